The van der Waals surface area contributed by atoms with Crippen LogP contribution in [0.15, 0.2) is 84.9 Å². The Hall–Kier alpha value is -5.14. The van der Waals surface area contributed by atoms with Crippen molar-refractivity contribution in [2.75, 3.05) is 26.4 Å². The zero-order chi connectivity index (χ0) is 45.6. The molecule has 4 aromatic rings. The SMILES string of the molecule is CCOC(=O)COc1ccc2c(c1)CC(N[C@@H](CC)[C@@H](OC(=O)C(=O)O[C@@H](c1cccc(Cl)c1)[C@H](CC)NC1CCc3ccc(OCC(=O)OCC)cc3C1)c1cccc(Cl)c1)CC2. The lowest BCUT2D eigenvalue weighted by atomic mass is 9.87. The summed E-state index contributed by atoms with van der Waals surface area (Å²) in [6.45, 7) is 7.70. The summed E-state index contributed by atoms with van der Waals surface area (Å²) in [7, 11) is 0. The summed E-state index contributed by atoms with van der Waals surface area (Å²) in [5.41, 5.74) is 5.84. The standard InChI is InChI=1S/C50H58Cl2N2O10/c1-5-43(53-39-19-15-31-17-21-41(27-35(31)25-39)61-29-45(55)59-7-3)47(33-11-9-13-37(51)23-33)63-49(57)50(58)64-48(34-12-10-14-38(52)24-34)44(6-2)54-40-20-16-32-18-22-42(28-36(32)26-40)62-30-46(56)60-8-4/h9-14,17-18,21-24,27-28,39-40,43-44,47-48,53-54H,5-8,15-16,19-20,25-26,29-30H2,1-4H3/t39?,40?,43-,44-,47-,48-/m0/s1. The van der Waals surface area contributed by atoms with E-state index in [2.05, 4.69) is 10.6 Å². The Kier molecular flexibility index (Phi) is 17.9. The first kappa shape index (κ1) is 48.3. The van der Waals surface area contributed by atoms with Gasteiger partial charge in [0.2, 0.25) is 0 Å². The fraction of sp³-hybridized carbons (Fsp3) is 0.440. The molecule has 2 aliphatic rings. The normalized spacial score (nSPS) is 17.3. The molecule has 342 valence electrons. The lowest BCUT2D eigenvalue weighted by Gasteiger charge is -2.34. The highest BCUT2D eigenvalue weighted by Gasteiger charge is 2.36. The number of hydrogen-bond acceptors (Lipinski definition) is 12. The van der Waals surface area contributed by atoms with Gasteiger partial charge in [-0.1, -0.05) is 73.4 Å². The van der Waals surface area contributed by atoms with Crippen molar-refractivity contribution >= 4 is 47.1 Å². The van der Waals surface area contributed by atoms with Crippen LogP contribution in [0.5, 0.6) is 11.5 Å². The number of fused-ring (bicyclic) bond motifs is 2. The number of hydrogen-bond donors (Lipinski definition) is 2. The number of carbonyl (C=O) groups excluding carboxylic acids is 4. The zero-order valence-corrected chi connectivity index (χ0v) is 38.4. The molecule has 0 fully saturated rings. The lowest BCUT2D eigenvalue weighted by molar-refractivity contribution is -0.176. The summed E-state index contributed by atoms with van der Waals surface area (Å²) in [6, 6.07) is 25.1. The van der Waals surface area contributed by atoms with Gasteiger partial charge >= 0.3 is 23.9 Å². The van der Waals surface area contributed by atoms with E-state index < -0.39 is 48.2 Å². The number of aryl methyl sites for hydroxylation is 2. The Morgan fingerprint density at radius 2 is 1.00 bits per heavy atom. The highest BCUT2D eigenvalue weighted by atomic mass is 35.5. The zero-order valence-electron chi connectivity index (χ0n) is 36.9. The Bertz CT molecular complexity index is 2080. The molecule has 0 aliphatic heterocycles. The van der Waals surface area contributed by atoms with E-state index in [9.17, 15) is 19.2 Å². The van der Waals surface area contributed by atoms with Gasteiger partial charge in [0.1, 0.15) is 23.7 Å². The molecule has 2 N–H and O–H groups in total. The smallest absolute Gasteiger partial charge is 0.418 e. The topological polar surface area (TPSA) is 148 Å². The van der Waals surface area contributed by atoms with Crippen molar-refractivity contribution in [3.63, 3.8) is 0 Å². The number of ether oxygens (including phenoxy) is 6. The fourth-order valence-electron chi connectivity index (χ4n) is 8.52. The molecule has 0 amide bonds. The van der Waals surface area contributed by atoms with E-state index >= 15 is 0 Å². The van der Waals surface area contributed by atoms with Gasteiger partial charge in [-0.05, 0) is 147 Å². The van der Waals surface area contributed by atoms with Crippen molar-refractivity contribution in [3.05, 3.63) is 128 Å². The molecule has 14 heteroatoms. The van der Waals surface area contributed by atoms with Crippen LogP contribution in [0, 0.1) is 0 Å². The molecule has 12 nitrogen and oxygen atoms in total. The van der Waals surface area contributed by atoms with Gasteiger partial charge in [-0.3, -0.25) is 0 Å². The number of nitrogens with one attached hydrogen (secondary N) is 2. The molecule has 6 atom stereocenters. The van der Waals surface area contributed by atoms with Crippen LogP contribution in [-0.2, 0) is 63.8 Å². The molecule has 0 saturated carbocycles. The predicted molar refractivity (Wildman–Crippen MR) is 244 cm³/mol. The highest BCUT2D eigenvalue weighted by Crippen LogP contribution is 2.33. The van der Waals surface area contributed by atoms with Crippen LogP contribution < -0.4 is 20.1 Å². The number of rotatable bonds is 20. The van der Waals surface area contributed by atoms with Crippen LogP contribution in [-0.4, -0.2) is 74.5 Å². The minimum absolute atomic E-state index is 0.00385. The second-order valence-electron chi connectivity index (χ2n) is 16.1. The lowest BCUT2D eigenvalue weighted by Crippen LogP contribution is -2.46. The van der Waals surface area contributed by atoms with E-state index in [0.717, 1.165) is 36.8 Å². The van der Waals surface area contributed by atoms with Crippen LogP contribution in [0.3, 0.4) is 0 Å². The van der Waals surface area contributed by atoms with Crippen molar-refractivity contribution in [2.45, 2.75) is 115 Å². The molecule has 0 saturated heterocycles. The first-order valence-corrected chi connectivity index (χ1v) is 23.0. The quantitative estimate of drug-likeness (QED) is 0.0497. The van der Waals surface area contributed by atoms with E-state index in [1.807, 2.05) is 62.4 Å². The van der Waals surface area contributed by atoms with Crippen LogP contribution in [0.1, 0.15) is 99.0 Å². The van der Waals surface area contributed by atoms with Gasteiger partial charge < -0.3 is 39.1 Å². The van der Waals surface area contributed by atoms with Gasteiger partial charge in [0, 0.05) is 34.2 Å². The number of benzene rings is 4. The van der Waals surface area contributed by atoms with Crippen LogP contribution in [0.25, 0.3) is 0 Å². The third-order valence-electron chi connectivity index (χ3n) is 11.6. The first-order chi connectivity index (χ1) is 31.0. The van der Waals surface area contributed by atoms with Gasteiger partial charge in [0.05, 0.1) is 13.2 Å². The maximum Gasteiger partial charge on any atom is 0.418 e. The minimum Gasteiger partial charge on any atom is -0.482 e. The van der Waals surface area contributed by atoms with Crippen LogP contribution in [0.2, 0.25) is 10.0 Å². The minimum atomic E-state index is -1.13. The molecule has 0 spiro atoms. The third-order valence-corrected chi connectivity index (χ3v) is 12.1. The summed E-state index contributed by atoms with van der Waals surface area (Å²) >= 11 is 13.0. The van der Waals surface area contributed by atoms with Gasteiger partial charge in [0.25, 0.3) is 0 Å². The number of halogens is 2. The average molecular weight is 918 g/mol. The summed E-state index contributed by atoms with van der Waals surface area (Å²) < 4.78 is 33.7. The maximum atomic E-state index is 14.0. The Balaban J connectivity index is 1.16. The Labute approximate surface area is 385 Å². The molecule has 0 aromatic heterocycles. The maximum absolute atomic E-state index is 14.0. The first-order valence-electron chi connectivity index (χ1n) is 22.2. The largest absolute Gasteiger partial charge is 0.482 e. The Morgan fingerprint density at radius 1 is 0.578 bits per heavy atom. The van der Waals surface area contributed by atoms with Gasteiger partial charge in [-0.15, -0.1) is 0 Å². The predicted octanol–water partition coefficient (Wildman–Crippen LogP) is 8.60. The third kappa shape index (κ3) is 13.4. The van der Waals surface area contributed by atoms with Crippen molar-refractivity contribution in [2.24, 2.45) is 0 Å². The molecule has 0 radical (unpaired) electrons. The second kappa shape index (κ2) is 23.7. The summed E-state index contributed by atoms with van der Waals surface area (Å²) in [4.78, 5) is 51.9. The van der Waals surface area contributed by atoms with Crippen molar-refractivity contribution < 1.29 is 47.6 Å². The van der Waals surface area contributed by atoms with E-state index in [1.165, 1.54) is 11.1 Å². The Morgan fingerprint density at radius 3 is 1.38 bits per heavy atom. The molecule has 4 aromatic carbocycles. The van der Waals surface area contributed by atoms with Gasteiger partial charge in [0.15, 0.2) is 13.2 Å². The molecular weight excluding hydrogens is 859 g/mol. The van der Waals surface area contributed by atoms with E-state index in [-0.39, 0.29) is 38.5 Å². The molecule has 6 rings (SSSR count). The molecule has 0 bridgehead atoms. The molecule has 64 heavy (non-hydrogen) atoms. The summed E-state index contributed by atoms with van der Waals surface area (Å²) in [5, 5.41) is 8.38. The molecular formula is C50H58Cl2N2O10. The van der Waals surface area contributed by atoms with Gasteiger partial charge in [-0.2, -0.15) is 0 Å². The molecule has 2 unspecified atom stereocenters. The number of esters is 4. The van der Waals surface area contributed by atoms with Crippen LogP contribution in [0.4, 0.5) is 0 Å². The van der Waals surface area contributed by atoms with Crippen molar-refractivity contribution in [1.29, 1.82) is 0 Å². The monoisotopic (exact) mass is 916 g/mol. The fourth-order valence-corrected chi connectivity index (χ4v) is 8.92. The van der Waals surface area contributed by atoms with Gasteiger partial charge in [-0.25, -0.2) is 19.2 Å². The van der Waals surface area contributed by atoms with Crippen molar-refractivity contribution in [3.8, 4) is 11.5 Å². The molecule has 0 heterocycles. The van der Waals surface area contributed by atoms with Crippen molar-refractivity contribution in [1.82, 2.24) is 10.6 Å². The molecule has 2 aliphatic carbocycles. The highest BCUT2D eigenvalue weighted by molar-refractivity contribution is 6.31. The van der Waals surface area contributed by atoms with E-state index in [0.29, 0.717) is 58.4 Å². The summed E-state index contributed by atoms with van der Waals surface area (Å²) in [5.74, 6) is -1.96. The average Bonchev–Trinajstić information content (AvgIpc) is 3.29. The number of carbonyl (C=O) groups is 4. The van der Waals surface area contributed by atoms with E-state index in [4.69, 9.17) is 51.6 Å². The van der Waals surface area contributed by atoms with E-state index in [1.54, 1.807) is 50.2 Å². The summed E-state index contributed by atoms with van der Waals surface area (Å²) in [6.07, 6.45) is 3.97. The van der Waals surface area contributed by atoms with Crippen LogP contribution >= 0.6 is 23.2 Å². The second-order valence-corrected chi connectivity index (χ2v) is 16.9.